The zero-order valence-electron chi connectivity index (χ0n) is 11.0. The number of aryl methyl sites for hydroxylation is 2. The molecule has 98 valence electrons. The number of fused-ring (bicyclic) bond motifs is 2. The molecule has 0 fully saturated rings. The molecule has 1 heterocycles. The molecule has 0 saturated carbocycles. The molecule has 4 nitrogen and oxygen atoms in total. The fourth-order valence-corrected chi connectivity index (χ4v) is 3.03. The van der Waals surface area contributed by atoms with Crippen LogP contribution in [-0.2, 0) is 10.5 Å². The maximum absolute atomic E-state index is 12.4. The zero-order valence-corrected chi connectivity index (χ0v) is 11.0. The quantitative estimate of drug-likeness (QED) is 0.630. The predicted octanol–water partition coefficient (Wildman–Crippen LogP) is 3.19. The first-order valence-corrected chi connectivity index (χ1v) is 6.06. The summed E-state index contributed by atoms with van der Waals surface area (Å²) in [5.74, 6) is 0.0727. The topological polar surface area (TPSA) is 59.7 Å². The predicted molar refractivity (Wildman–Crippen MR) is 68.2 cm³/mol. The Labute approximate surface area is 110 Å². The molecule has 0 aliphatic heterocycles. The van der Waals surface area contributed by atoms with Gasteiger partial charge in [-0.3, -0.25) is 10.1 Å². The van der Waals surface area contributed by atoms with E-state index in [4.69, 9.17) is 9.30 Å². The summed E-state index contributed by atoms with van der Waals surface area (Å²) in [6.45, 7) is 5.46. The molecule has 0 amide bonds. The minimum Gasteiger partial charge on any atom is -0.460 e. The van der Waals surface area contributed by atoms with Crippen LogP contribution in [0.25, 0.3) is 0 Å². The van der Waals surface area contributed by atoms with Crippen molar-refractivity contribution in [2.45, 2.75) is 26.4 Å². The average molecular weight is 258 g/mol. The highest BCUT2D eigenvalue weighted by Gasteiger charge is 2.46. The summed E-state index contributed by atoms with van der Waals surface area (Å²) in [5.41, 5.74) is 2.41. The van der Waals surface area contributed by atoms with Crippen LogP contribution in [0.5, 0.6) is 0 Å². The number of benzene rings is 1. The van der Waals surface area contributed by atoms with Crippen molar-refractivity contribution >= 4 is 5.78 Å². The van der Waals surface area contributed by atoms with Crippen LogP contribution >= 0.6 is 0 Å². The molecule has 3 rings (SSSR count). The minimum atomic E-state index is -1.08. The van der Waals surface area contributed by atoms with Gasteiger partial charge in [-0.05, 0) is 31.9 Å². The number of hydrogen-bond donors (Lipinski definition) is 1. The van der Waals surface area contributed by atoms with Crippen molar-refractivity contribution in [3.63, 3.8) is 0 Å². The van der Waals surface area contributed by atoms with Gasteiger partial charge in [0.05, 0.1) is 6.26 Å². The van der Waals surface area contributed by atoms with Crippen LogP contribution in [0.1, 0.15) is 45.3 Å². The highest BCUT2D eigenvalue weighted by atomic mass is 17.1. The first-order chi connectivity index (χ1) is 9.00. The maximum atomic E-state index is 12.4. The van der Waals surface area contributed by atoms with Crippen molar-refractivity contribution in [3.8, 4) is 0 Å². The molecule has 1 aromatic heterocycles. The Morgan fingerprint density at radius 3 is 2.63 bits per heavy atom. The summed E-state index contributed by atoms with van der Waals surface area (Å²) >= 11 is 0. The van der Waals surface area contributed by atoms with E-state index in [0.717, 1.165) is 11.1 Å². The standard InChI is InChI=1S/C15H14O4/c1-8-5-4-6-10-11(8)15(3,19-17)12-9(2)7-18-14(12)13(10)16/h4-7,17H,1-3H3. The molecule has 2 aromatic rings. The van der Waals surface area contributed by atoms with Gasteiger partial charge in [0, 0.05) is 16.7 Å². The molecular formula is C15H14O4. The lowest BCUT2D eigenvalue weighted by Crippen LogP contribution is -2.35. The number of furan rings is 1. The molecule has 1 unspecified atom stereocenters. The third kappa shape index (κ3) is 1.38. The molecule has 1 N–H and O–H groups in total. The van der Waals surface area contributed by atoms with Gasteiger partial charge in [0.2, 0.25) is 5.78 Å². The van der Waals surface area contributed by atoms with Gasteiger partial charge >= 0.3 is 0 Å². The second kappa shape index (κ2) is 3.79. The molecule has 1 aliphatic rings. The van der Waals surface area contributed by atoms with E-state index >= 15 is 0 Å². The van der Waals surface area contributed by atoms with Crippen LogP contribution in [0.15, 0.2) is 28.9 Å². The van der Waals surface area contributed by atoms with Gasteiger partial charge in [0.1, 0.15) is 0 Å². The van der Waals surface area contributed by atoms with Crippen molar-refractivity contribution in [1.29, 1.82) is 0 Å². The van der Waals surface area contributed by atoms with Crippen LogP contribution in [0, 0.1) is 13.8 Å². The van der Waals surface area contributed by atoms with E-state index in [-0.39, 0.29) is 11.5 Å². The third-order valence-electron chi connectivity index (χ3n) is 3.84. The number of hydrogen-bond acceptors (Lipinski definition) is 4. The van der Waals surface area contributed by atoms with Gasteiger partial charge in [-0.25, -0.2) is 4.89 Å². The largest absolute Gasteiger partial charge is 0.460 e. The second-order valence-electron chi connectivity index (χ2n) is 5.07. The first kappa shape index (κ1) is 12.1. The van der Waals surface area contributed by atoms with Gasteiger partial charge in [-0.1, -0.05) is 18.2 Å². The molecule has 0 radical (unpaired) electrons. The van der Waals surface area contributed by atoms with E-state index in [1.807, 2.05) is 26.0 Å². The smallest absolute Gasteiger partial charge is 0.229 e. The summed E-state index contributed by atoms with van der Waals surface area (Å²) in [5, 5.41) is 9.44. The highest BCUT2D eigenvalue weighted by molar-refractivity contribution is 6.11. The normalized spacial score (nSPS) is 21.2. The summed E-state index contributed by atoms with van der Waals surface area (Å²) in [7, 11) is 0. The lowest BCUT2D eigenvalue weighted by Gasteiger charge is -2.33. The lowest BCUT2D eigenvalue weighted by molar-refractivity contribution is -0.310. The molecule has 1 aliphatic carbocycles. The SMILES string of the molecule is Cc1cccc2c1C(C)(OO)c1c(C)coc1C2=O. The molecule has 1 atom stereocenters. The average Bonchev–Trinajstić information content (AvgIpc) is 2.79. The lowest BCUT2D eigenvalue weighted by atomic mass is 9.75. The van der Waals surface area contributed by atoms with Crippen LogP contribution in [-0.4, -0.2) is 11.0 Å². The molecule has 0 bridgehead atoms. The second-order valence-corrected chi connectivity index (χ2v) is 5.07. The van der Waals surface area contributed by atoms with Crippen molar-refractivity contribution in [3.05, 3.63) is 58.0 Å². The van der Waals surface area contributed by atoms with Crippen LogP contribution in [0.3, 0.4) is 0 Å². The van der Waals surface area contributed by atoms with Crippen molar-refractivity contribution in [2.75, 3.05) is 0 Å². The van der Waals surface area contributed by atoms with E-state index in [9.17, 15) is 10.1 Å². The van der Waals surface area contributed by atoms with Crippen LogP contribution < -0.4 is 0 Å². The van der Waals surface area contributed by atoms with E-state index in [2.05, 4.69) is 0 Å². The number of carbonyl (C=O) groups is 1. The summed E-state index contributed by atoms with van der Waals surface area (Å²) < 4.78 is 5.35. The minimum absolute atomic E-state index is 0.170. The Bertz CT molecular complexity index is 683. The van der Waals surface area contributed by atoms with Gasteiger partial charge in [0.15, 0.2) is 11.4 Å². The van der Waals surface area contributed by atoms with Crippen LogP contribution in [0.4, 0.5) is 0 Å². The highest BCUT2D eigenvalue weighted by Crippen LogP contribution is 2.45. The van der Waals surface area contributed by atoms with Crippen molar-refractivity contribution in [1.82, 2.24) is 0 Å². The first-order valence-electron chi connectivity index (χ1n) is 6.06. The summed E-state index contributed by atoms with van der Waals surface area (Å²) in [4.78, 5) is 17.2. The molecule has 1 aromatic carbocycles. The molecular weight excluding hydrogens is 244 g/mol. The molecule has 4 heteroatoms. The van der Waals surface area contributed by atoms with Gasteiger partial charge in [-0.15, -0.1) is 0 Å². The monoisotopic (exact) mass is 258 g/mol. The Morgan fingerprint density at radius 1 is 1.21 bits per heavy atom. The van der Waals surface area contributed by atoms with Crippen LogP contribution in [0.2, 0.25) is 0 Å². The van der Waals surface area contributed by atoms with E-state index in [0.29, 0.717) is 16.7 Å². The number of carbonyl (C=O) groups excluding carboxylic acids is 1. The Kier molecular flexibility index (Phi) is 2.42. The van der Waals surface area contributed by atoms with Crippen molar-refractivity contribution in [2.24, 2.45) is 0 Å². The van der Waals surface area contributed by atoms with E-state index in [1.54, 1.807) is 13.0 Å². The summed E-state index contributed by atoms with van der Waals surface area (Å²) in [6.07, 6.45) is 1.51. The third-order valence-corrected chi connectivity index (χ3v) is 3.84. The van der Waals surface area contributed by atoms with E-state index in [1.165, 1.54) is 6.26 Å². The Balaban J connectivity index is 2.43. The van der Waals surface area contributed by atoms with Crippen molar-refractivity contribution < 1.29 is 19.4 Å². The Morgan fingerprint density at radius 2 is 1.95 bits per heavy atom. The Hall–Kier alpha value is -1.91. The van der Waals surface area contributed by atoms with Gasteiger partial charge < -0.3 is 4.42 Å². The maximum Gasteiger partial charge on any atom is 0.229 e. The molecule has 0 spiro atoms. The molecule has 19 heavy (non-hydrogen) atoms. The van der Waals surface area contributed by atoms with Gasteiger partial charge in [-0.2, -0.15) is 0 Å². The van der Waals surface area contributed by atoms with E-state index < -0.39 is 5.60 Å². The number of rotatable bonds is 1. The van der Waals surface area contributed by atoms with Gasteiger partial charge in [0.25, 0.3) is 0 Å². The number of ketones is 1. The summed E-state index contributed by atoms with van der Waals surface area (Å²) in [6, 6.07) is 5.43. The fraction of sp³-hybridized carbons (Fsp3) is 0.267. The molecule has 0 saturated heterocycles. The zero-order chi connectivity index (χ0) is 13.8. The fourth-order valence-electron chi connectivity index (χ4n) is 3.03.